The van der Waals surface area contributed by atoms with Gasteiger partial charge < -0.3 is 4.42 Å². The van der Waals surface area contributed by atoms with E-state index in [1.54, 1.807) is 35.6 Å². The summed E-state index contributed by atoms with van der Waals surface area (Å²) in [6, 6.07) is 11.4. The normalized spacial score (nSPS) is 17.0. The Morgan fingerprint density at radius 3 is 2.88 bits per heavy atom. The number of furan rings is 1. The van der Waals surface area contributed by atoms with Crippen molar-refractivity contribution in [3.05, 3.63) is 81.7 Å². The molecule has 0 fully saturated rings. The van der Waals surface area contributed by atoms with Gasteiger partial charge in [0.15, 0.2) is 5.76 Å². The molecule has 1 amide bonds. The summed E-state index contributed by atoms with van der Waals surface area (Å²) < 4.78 is 18.8. The molecule has 0 saturated carbocycles. The van der Waals surface area contributed by atoms with Crippen molar-refractivity contribution in [3.8, 4) is 0 Å². The molecule has 6 heteroatoms. The van der Waals surface area contributed by atoms with Gasteiger partial charge in [-0.25, -0.2) is 9.40 Å². The zero-order valence-corrected chi connectivity index (χ0v) is 14.3. The summed E-state index contributed by atoms with van der Waals surface area (Å²) >= 11 is 1.59. The van der Waals surface area contributed by atoms with Crippen LogP contribution in [0.1, 0.15) is 39.0 Å². The number of nitrogens with zero attached hydrogens (tertiary/aromatic N) is 2. The number of rotatable bonds is 3. The standard InChI is InChI=1S/C19H15FN2O2S/c1-12-7-9-25-18(12)16-11-15(13-4-2-5-14(20)10-13)21-22(16)19(23)17-6-3-8-24-17/h2-10,16H,11H2,1H3/t16-/m0/s1. The molecule has 4 nitrogen and oxygen atoms in total. The van der Waals surface area contributed by atoms with E-state index in [9.17, 15) is 9.18 Å². The van der Waals surface area contributed by atoms with Crippen molar-refractivity contribution >= 4 is 23.0 Å². The van der Waals surface area contributed by atoms with Crippen LogP contribution in [0.25, 0.3) is 0 Å². The summed E-state index contributed by atoms with van der Waals surface area (Å²) in [6.45, 7) is 2.02. The number of amides is 1. The maximum absolute atomic E-state index is 13.6. The van der Waals surface area contributed by atoms with E-state index in [1.807, 2.05) is 18.4 Å². The number of thiophene rings is 1. The monoisotopic (exact) mass is 354 g/mol. The molecule has 0 spiro atoms. The Kier molecular flexibility index (Phi) is 3.97. The van der Waals surface area contributed by atoms with E-state index in [1.165, 1.54) is 23.4 Å². The minimum Gasteiger partial charge on any atom is -0.459 e. The summed E-state index contributed by atoms with van der Waals surface area (Å²) in [5, 5.41) is 7.97. The van der Waals surface area contributed by atoms with E-state index >= 15 is 0 Å². The second-order valence-corrected chi connectivity index (χ2v) is 6.82. The van der Waals surface area contributed by atoms with Crippen LogP contribution in [0.15, 0.2) is 63.6 Å². The highest BCUT2D eigenvalue weighted by Gasteiger charge is 2.36. The first kappa shape index (κ1) is 15.8. The first-order chi connectivity index (χ1) is 12.1. The van der Waals surface area contributed by atoms with Crippen molar-refractivity contribution in [2.45, 2.75) is 19.4 Å². The zero-order valence-electron chi connectivity index (χ0n) is 13.5. The molecule has 3 aromatic rings. The third-order valence-corrected chi connectivity index (χ3v) is 5.33. The molecule has 0 radical (unpaired) electrons. The Labute approximate surface area is 148 Å². The number of benzene rings is 1. The second kappa shape index (κ2) is 6.29. The number of halogens is 1. The maximum atomic E-state index is 13.6. The van der Waals surface area contributed by atoms with E-state index in [-0.39, 0.29) is 23.5 Å². The van der Waals surface area contributed by atoms with E-state index in [0.717, 1.165) is 10.4 Å². The van der Waals surface area contributed by atoms with Gasteiger partial charge in [-0.3, -0.25) is 4.79 Å². The number of carbonyl (C=O) groups excluding carboxylic acids is 1. The van der Waals surface area contributed by atoms with Crippen molar-refractivity contribution in [1.82, 2.24) is 5.01 Å². The fraction of sp³-hybridized carbons (Fsp3) is 0.158. The summed E-state index contributed by atoms with van der Waals surface area (Å²) in [7, 11) is 0. The molecule has 1 aliphatic heterocycles. The fourth-order valence-electron chi connectivity index (χ4n) is 2.98. The molecule has 1 atom stereocenters. The van der Waals surface area contributed by atoms with Crippen LogP contribution in [0.3, 0.4) is 0 Å². The van der Waals surface area contributed by atoms with E-state index in [0.29, 0.717) is 17.7 Å². The minimum absolute atomic E-state index is 0.212. The van der Waals surface area contributed by atoms with Crippen LogP contribution in [0.5, 0.6) is 0 Å². The highest BCUT2D eigenvalue weighted by atomic mass is 32.1. The topological polar surface area (TPSA) is 45.8 Å². The molecule has 0 N–H and O–H groups in total. The molecule has 0 aliphatic carbocycles. The van der Waals surface area contributed by atoms with Gasteiger partial charge in [-0.1, -0.05) is 12.1 Å². The highest BCUT2D eigenvalue weighted by Crippen LogP contribution is 2.38. The van der Waals surface area contributed by atoms with Gasteiger partial charge in [0, 0.05) is 16.9 Å². The zero-order chi connectivity index (χ0) is 17.4. The minimum atomic E-state index is -0.320. The van der Waals surface area contributed by atoms with Gasteiger partial charge in [0.05, 0.1) is 18.0 Å². The molecule has 1 aromatic carbocycles. The lowest BCUT2D eigenvalue weighted by Crippen LogP contribution is -2.26. The van der Waals surface area contributed by atoms with Crippen molar-refractivity contribution in [2.75, 3.05) is 0 Å². The van der Waals surface area contributed by atoms with Gasteiger partial charge in [0.2, 0.25) is 0 Å². The Hall–Kier alpha value is -2.73. The van der Waals surface area contributed by atoms with Gasteiger partial charge in [-0.05, 0) is 48.2 Å². The summed E-state index contributed by atoms with van der Waals surface area (Å²) in [4.78, 5) is 13.9. The highest BCUT2D eigenvalue weighted by molar-refractivity contribution is 7.10. The first-order valence-corrected chi connectivity index (χ1v) is 8.76. The first-order valence-electron chi connectivity index (χ1n) is 7.88. The van der Waals surface area contributed by atoms with Gasteiger partial charge in [0.25, 0.3) is 0 Å². The Morgan fingerprint density at radius 1 is 1.32 bits per heavy atom. The number of hydrogen-bond donors (Lipinski definition) is 0. The molecule has 0 unspecified atom stereocenters. The molecule has 126 valence electrons. The molecular formula is C19H15FN2O2S. The summed E-state index contributed by atoms with van der Waals surface area (Å²) in [5.41, 5.74) is 2.49. The summed E-state index contributed by atoms with van der Waals surface area (Å²) in [5.74, 6) is -0.377. The van der Waals surface area contributed by atoms with Crippen molar-refractivity contribution < 1.29 is 13.6 Å². The van der Waals surface area contributed by atoms with Crippen LogP contribution in [0, 0.1) is 12.7 Å². The van der Waals surface area contributed by atoms with Crippen LogP contribution in [0.4, 0.5) is 4.39 Å². The largest absolute Gasteiger partial charge is 0.459 e. The number of hydrogen-bond acceptors (Lipinski definition) is 4. The predicted molar refractivity (Wildman–Crippen MR) is 94.2 cm³/mol. The molecule has 0 bridgehead atoms. The van der Waals surface area contributed by atoms with Gasteiger partial charge in [-0.15, -0.1) is 11.3 Å². The van der Waals surface area contributed by atoms with Crippen LogP contribution >= 0.6 is 11.3 Å². The summed E-state index contributed by atoms with van der Waals surface area (Å²) in [6.07, 6.45) is 2.00. The smallest absolute Gasteiger partial charge is 0.310 e. The van der Waals surface area contributed by atoms with Crippen LogP contribution in [0.2, 0.25) is 0 Å². The fourth-order valence-corrected chi connectivity index (χ4v) is 4.00. The third-order valence-electron chi connectivity index (χ3n) is 4.21. The number of aryl methyl sites for hydroxylation is 1. The molecule has 25 heavy (non-hydrogen) atoms. The molecule has 3 heterocycles. The average molecular weight is 354 g/mol. The average Bonchev–Trinajstić information content (AvgIpc) is 3.34. The van der Waals surface area contributed by atoms with E-state index in [4.69, 9.17) is 4.42 Å². The number of hydrazone groups is 1. The van der Waals surface area contributed by atoms with Crippen LogP contribution < -0.4 is 0 Å². The maximum Gasteiger partial charge on any atom is 0.310 e. The molecular weight excluding hydrogens is 339 g/mol. The van der Waals surface area contributed by atoms with Gasteiger partial charge in [-0.2, -0.15) is 5.10 Å². The molecule has 1 aliphatic rings. The quantitative estimate of drug-likeness (QED) is 0.679. The predicted octanol–water partition coefficient (Wildman–Crippen LogP) is 4.78. The lowest BCUT2D eigenvalue weighted by molar-refractivity contribution is 0.0681. The third kappa shape index (κ3) is 2.89. The van der Waals surface area contributed by atoms with Gasteiger partial charge in [0.1, 0.15) is 5.82 Å². The van der Waals surface area contributed by atoms with E-state index < -0.39 is 0 Å². The lowest BCUT2D eigenvalue weighted by Gasteiger charge is -2.20. The molecule has 2 aromatic heterocycles. The van der Waals surface area contributed by atoms with E-state index in [2.05, 4.69) is 5.10 Å². The Morgan fingerprint density at radius 2 is 2.20 bits per heavy atom. The second-order valence-electron chi connectivity index (χ2n) is 5.87. The Balaban J connectivity index is 1.75. The van der Waals surface area contributed by atoms with Crippen molar-refractivity contribution in [2.24, 2.45) is 5.10 Å². The number of carbonyl (C=O) groups is 1. The Bertz CT molecular complexity index is 946. The molecule has 4 rings (SSSR count). The van der Waals surface area contributed by atoms with Crippen molar-refractivity contribution in [3.63, 3.8) is 0 Å². The van der Waals surface area contributed by atoms with Crippen molar-refractivity contribution in [1.29, 1.82) is 0 Å². The van der Waals surface area contributed by atoms with Crippen LogP contribution in [-0.4, -0.2) is 16.6 Å². The SMILES string of the molecule is Cc1ccsc1[C@@H]1CC(c2cccc(F)c2)=NN1C(=O)c1ccco1. The van der Waals surface area contributed by atoms with Gasteiger partial charge >= 0.3 is 5.91 Å². The lowest BCUT2D eigenvalue weighted by atomic mass is 10.0. The van der Waals surface area contributed by atoms with Crippen LogP contribution in [-0.2, 0) is 0 Å². The molecule has 0 saturated heterocycles.